The fourth-order valence-corrected chi connectivity index (χ4v) is 2.22. The van der Waals surface area contributed by atoms with E-state index in [4.69, 9.17) is 0 Å². The van der Waals surface area contributed by atoms with Crippen LogP contribution in [-0.2, 0) is 9.59 Å². The zero-order valence-electron chi connectivity index (χ0n) is 14.5. The van der Waals surface area contributed by atoms with Gasteiger partial charge in [-0.25, -0.2) is 0 Å². The molecule has 6 heteroatoms. The lowest BCUT2D eigenvalue weighted by atomic mass is 10.1. The fraction of sp³-hybridized carbons (Fsp3) is 0.211. The van der Waals surface area contributed by atoms with Gasteiger partial charge in [0.05, 0.1) is 0 Å². The van der Waals surface area contributed by atoms with Crippen LogP contribution in [0.15, 0.2) is 42.5 Å². The SMILES string of the molecule is CCC(=O)Nc1cc(C(=O)Nc2cccc(NC(C)=O)c2)ccc1C. The van der Waals surface area contributed by atoms with Gasteiger partial charge in [0.15, 0.2) is 0 Å². The normalized spacial score (nSPS) is 10.0. The Morgan fingerprint density at radius 2 is 1.60 bits per heavy atom. The molecule has 0 bridgehead atoms. The third-order valence-corrected chi connectivity index (χ3v) is 3.54. The first-order valence-electron chi connectivity index (χ1n) is 7.98. The third kappa shape index (κ3) is 5.17. The molecule has 2 aromatic rings. The number of anilines is 3. The van der Waals surface area contributed by atoms with E-state index in [-0.39, 0.29) is 17.7 Å². The molecule has 0 aliphatic rings. The van der Waals surface area contributed by atoms with Crippen LogP contribution in [0.4, 0.5) is 17.1 Å². The summed E-state index contributed by atoms with van der Waals surface area (Å²) in [6, 6.07) is 12.0. The lowest BCUT2D eigenvalue weighted by Gasteiger charge is -2.11. The Morgan fingerprint density at radius 3 is 2.24 bits per heavy atom. The van der Waals surface area contributed by atoms with Gasteiger partial charge in [0.25, 0.3) is 5.91 Å². The summed E-state index contributed by atoms with van der Waals surface area (Å²) in [4.78, 5) is 35.2. The summed E-state index contributed by atoms with van der Waals surface area (Å²) in [6.07, 6.45) is 0.367. The second-order valence-electron chi connectivity index (χ2n) is 5.65. The van der Waals surface area contributed by atoms with Crippen LogP contribution in [0.1, 0.15) is 36.2 Å². The first kappa shape index (κ1) is 18.2. The monoisotopic (exact) mass is 339 g/mol. The first-order chi connectivity index (χ1) is 11.9. The smallest absolute Gasteiger partial charge is 0.255 e. The van der Waals surface area contributed by atoms with Crippen molar-refractivity contribution >= 4 is 34.8 Å². The molecular formula is C19H21N3O3. The Bertz CT molecular complexity index is 815. The minimum atomic E-state index is -0.299. The van der Waals surface area contributed by atoms with Crippen LogP contribution in [0.5, 0.6) is 0 Å². The first-order valence-corrected chi connectivity index (χ1v) is 7.98. The van der Waals surface area contributed by atoms with E-state index in [0.29, 0.717) is 29.0 Å². The molecule has 25 heavy (non-hydrogen) atoms. The van der Waals surface area contributed by atoms with E-state index < -0.39 is 0 Å². The maximum Gasteiger partial charge on any atom is 0.255 e. The number of nitrogens with one attached hydrogen (secondary N) is 3. The van der Waals surface area contributed by atoms with E-state index >= 15 is 0 Å². The summed E-state index contributed by atoms with van der Waals surface area (Å²) >= 11 is 0. The van der Waals surface area contributed by atoms with Gasteiger partial charge in [-0.15, -0.1) is 0 Å². The van der Waals surface area contributed by atoms with E-state index in [2.05, 4.69) is 16.0 Å². The summed E-state index contributed by atoms with van der Waals surface area (Å²) in [6.45, 7) is 5.05. The molecule has 2 aromatic carbocycles. The Labute approximate surface area is 146 Å². The van der Waals surface area contributed by atoms with Gasteiger partial charge in [-0.05, 0) is 42.8 Å². The number of amides is 3. The maximum absolute atomic E-state index is 12.5. The molecule has 3 amide bonds. The third-order valence-electron chi connectivity index (χ3n) is 3.54. The predicted octanol–water partition coefficient (Wildman–Crippen LogP) is 3.55. The van der Waals surface area contributed by atoms with E-state index in [9.17, 15) is 14.4 Å². The predicted molar refractivity (Wildman–Crippen MR) is 98.8 cm³/mol. The highest BCUT2D eigenvalue weighted by molar-refractivity contribution is 6.06. The molecule has 0 aliphatic heterocycles. The van der Waals surface area contributed by atoms with Gasteiger partial charge in [0.2, 0.25) is 11.8 Å². The Hall–Kier alpha value is -3.15. The number of carbonyl (C=O) groups is 3. The van der Waals surface area contributed by atoms with E-state index in [1.165, 1.54) is 6.92 Å². The van der Waals surface area contributed by atoms with Crippen molar-refractivity contribution in [2.75, 3.05) is 16.0 Å². The van der Waals surface area contributed by atoms with Crippen LogP contribution in [0.3, 0.4) is 0 Å². The lowest BCUT2D eigenvalue weighted by Crippen LogP contribution is -2.15. The van der Waals surface area contributed by atoms with Gasteiger partial charge < -0.3 is 16.0 Å². The van der Waals surface area contributed by atoms with Crippen LogP contribution >= 0.6 is 0 Å². The molecule has 0 saturated carbocycles. The maximum atomic E-state index is 12.5. The molecule has 130 valence electrons. The quantitative estimate of drug-likeness (QED) is 0.778. The fourth-order valence-electron chi connectivity index (χ4n) is 2.22. The summed E-state index contributed by atoms with van der Waals surface area (Å²) in [5.74, 6) is -0.589. The molecule has 0 aromatic heterocycles. The van der Waals surface area contributed by atoms with Crippen molar-refractivity contribution in [2.45, 2.75) is 27.2 Å². The summed E-state index contributed by atoms with van der Waals surface area (Å²) in [5.41, 5.74) is 3.10. The van der Waals surface area contributed by atoms with Crippen LogP contribution in [0, 0.1) is 6.92 Å². The van der Waals surface area contributed by atoms with Crippen molar-refractivity contribution in [1.29, 1.82) is 0 Å². The minimum Gasteiger partial charge on any atom is -0.326 e. The van der Waals surface area contributed by atoms with Gasteiger partial charge in [-0.3, -0.25) is 14.4 Å². The van der Waals surface area contributed by atoms with Crippen molar-refractivity contribution in [3.8, 4) is 0 Å². The average molecular weight is 339 g/mol. The van der Waals surface area contributed by atoms with Crippen LogP contribution in [0.25, 0.3) is 0 Å². The number of hydrogen-bond donors (Lipinski definition) is 3. The van der Waals surface area contributed by atoms with Gasteiger partial charge in [-0.2, -0.15) is 0 Å². The van der Waals surface area contributed by atoms with Crippen molar-refractivity contribution in [3.63, 3.8) is 0 Å². The molecule has 0 unspecified atom stereocenters. The average Bonchev–Trinajstić information content (AvgIpc) is 2.56. The van der Waals surface area contributed by atoms with Gasteiger partial charge in [0, 0.05) is 36.0 Å². The molecule has 3 N–H and O–H groups in total. The molecule has 2 rings (SSSR count). The highest BCUT2D eigenvalue weighted by Crippen LogP contribution is 2.20. The second kappa shape index (κ2) is 8.10. The highest BCUT2D eigenvalue weighted by Gasteiger charge is 2.10. The van der Waals surface area contributed by atoms with Crippen molar-refractivity contribution in [3.05, 3.63) is 53.6 Å². The number of carbonyl (C=O) groups excluding carboxylic acids is 3. The molecule has 0 saturated heterocycles. The zero-order chi connectivity index (χ0) is 18.4. The minimum absolute atomic E-state index is 0.108. The number of aryl methyl sites for hydroxylation is 1. The Morgan fingerprint density at radius 1 is 0.920 bits per heavy atom. The molecule has 0 fully saturated rings. The van der Waals surface area contributed by atoms with Crippen LogP contribution in [-0.4, -0.2) is 17.7 Å². The number of rotatable bonds is 5. The molecule has 0 heterocycles. The van der Waals surface area contributed by atoms with E-state index in [1.807, 2.05) is 6.92 Å². The van der Waals surface area contributed by atoms with E-state index in [1.54, 1.807) is 49.4 Å². The lowest BCUT2D eigenvalue weighted by molar-refractivity contribution is -0.116. The van der Waals surface area contributed by atoms with Gasteiger partial charge in [0.1, 0.15) is 0 Å². The van der Waals surface area contributed by atoms with Crippen LogP contribution < -0.4 is 16.0 Å². The number of hydrogen-bond acceptors (Lipinski definition) is 3. The van der Waals surface area contributed by atoms with Crippen LogP contribution in [0.2, 0.25) is 0 Å². The standard InChI is InChI=1S/C19H21N3O3/c1-4-18(24)22-17-10-14(9-8-12(17)2)19(25)21-16-7-5-6-15(11-16)20-13(3)23/h5-11H,4H2,1-3H3,(H,20,23)(H,21,25)(H,22,24). The Balaban J connectivity index is 2.17. The molecule has 0 spiro atoms. The molecule has 6 nitrogen and oxygen atoms in total. The van der Waals surface area contributed by atoms with Crippen molar-refractivity contribution in [2.24, 2.45) is 0 Å². The largest absolute Gasteiger partial charge is 0.326 e. The number of benzene rings is 2. The van der Waals surface area contributed by atoms with E-state index in [0.717, 1.165) is 5.56 Å². The van der Waals surface area contributed by atoms with Crippen molar-refractivity contribution in [1.82, 2.24) is 0 Å². The molecule has 0 aliphatic carbocycles. The summed E-state index contributed by atoms with van der Waals surface area (Å²) in [7, 11) is 0. The summed E-state index contributed by atoms with van der Waals surface area (Å²) < 4.78 is 0. The highest BCUT2D eigenvalue weighted by atomic mass is 16.2. The second-order valence-corrected chi connectivity index (χ2v) is 5.65. The van der Waals surface area contributed by atoms with Crippen molar-refractivity contribution < 1.29 is 14.4 Å². The topological polar surface area (TPSA) is 87.3 Å². The molecule has 0 atom stereocenters. The Kier molecular flexibility index (Phi) is 5.89. The van der Waals surface area contributed by atoms with Gasteiger partial charge >= 0.3 is 0 Å². The zero-order valence-corrected chi connectivity index (χ0v) is 14.5. The summed E-state index contributed by atoms with van der Waals surface area (Å²) in [5, 5.41) is 8.23. The van der Waals surface area contributed by atoms with Gasteiger partial charge in [-0.1, -0.05) is 19.1 Å². The molecular weight excluding hydrogens is 318 g/mol. The molecule has 0 radical (unpaired) electrons.